The maximum absolute atomic E-state index is 8.96. The van der Waals surface area contributed by atoms with Crippen LogP contribution in [0.5, 0.6) is 0 Å². The largest absolute Gasteiger partial charge is 0.353 e. The first kappa shape index (κ1) is 13.9. The molecule has 3 heterocycles. The first-order valence-corrected chi connectivity index (χ1v) is 8.04. The van der Waals surface area contributed by atoms with Gasteiger partial charge in [0.05, 0.1) is 5.69 Å². The van der Waals surface area contributed by atoms with Crippen molar-refractivity contribution in [2.75, 3.05) is 36.0 Å². The molecule has 1 saturated carbocycles. The third kappa shape index (κ3) is 2.95. The lowest BCUT2D eigenvalue weighted by Gasteiger charge is -2.35. The number of anilines is 2. The molecule has 6 nitrogen and oxygen atoms in total. The van der Waals surface area contributed by atoms with E-state index in [9.17, 15) is 0 Å². The summed E-state index contributed by atoms with van der Waals surface area (Å²) in [6.07, 6.45) is 2.50. The fourth-order valence-electron chi connectivity index (χ4n) is 2.93. The van der Waals surface area contributed by atoms with E-state index < -0.39 is 0 Å². The van der Waals surface area contributed by atoms with Crippen molar-refractivity contribution in [2.24, 2.45) is 0 Å². The molecule has 6 heteroatoms. The molecule has 1 aliphatic carbocycles. The first-order valence-electron chi connectivity index (χ1n) is 8.04. The van der Waals surface area contributed by atoms with Gasteiger partial charge in [-0.15, -0.1) is 5.10 Å². The maximum Gasteiger partial charge on any atom is 0.151 e. The van der Waals surface area contributed by atoms with Crippen molar-refractivity contribution in [1.82, 2.24) is 15.2 Å². The van der Waals surface area contributed by atoms with E-state index in [1.807, 2.05) is 12.1 Å². The van der Waals surface area contributed by atoms with Gasteiger partial charge in [0.2, 0.25) is 0 Å². The van der Waals surface area contributed by atoms with Gasteiger partial charge < -0.3 is 9.80 Å². The van der Waals surface area contributed by atoms with Crippen LogP contribution in [0.2, 0.25) is 0 Å². The highest BCUT2D eigenvalue weighted by molar-refractivity contribution is 5.46. The second kappa shape index (κ2) is 5.84. The molecule has 2 aliphatic rings. The van der Waals surface area contributed by atoms with E-state index in [-0.39, 0.29) is 0 Å². The van der Waals surface area contributed by atoms with E-state index in [1.54, 1.807) is 6.07 Å². The standard InChI is InChI=1S/C17H18N6/c18-12-14-2-1-3-16(19-14)22-8-10-23(11-9-22)17-7-6-15(20-21-17)13-4-5-13/h1-3,6-7,13H,4-5,8-11H2. The molecular formula is C17H18N6. The molecular weight excluding hydrogens is 288 g/mol. The zero-order valence-corrected chi connectivity index (χ0v) is 12.9. The minimum Gasteiger partial charge on any atom is -0.353 e. The second-order valence-electron chi connectivity index (χ2n) is 6.06. The molecule has 0 bridgehead atoms. The van der Waals surface area contributed by atoms with Crippen molar-refractivity contribution >= 4 is 11.6 Å². The summed E-state index contributed by atoms with van der Waals surface area (Å²) in [6.45, 7) is 3.51. The van der Waals surface area contributed by atoms with Crippen LogP contribution in [0.1, 0.15) is 30.1 Å². The molecule has 0 amide bonds. The monoisotopic (exact) mass is 306 g/mol. The zero-order valence-electron chi connectivity index (χ0n) is 12.9. The van der Waals surface area contributed by atoms with Crippen LogP contribution in [0.25, 0.3) is 0 Å². The SMILES string of the molecule is N#Cc1cccc(N2CCN(c3ccc(C4CC4)nn3)CC2)n1. The Morgan fingerprint density at radius 2 is 1.65 bits per heavy atom. The lowest BCUT2D eigenvalue weighted by molar-refractivity contribution is 0.636. The van der Waals surface area contributed by atoms with E-state index in [0.717, 1.165) is 43.5 Å². The topological polar surface area (TPSA) is 68.9 Å². The number of piperazine rings is 1. The van der Waals surface area contributed by atoms with Crippen LogP contribution in [0.3, 0.4) is 0 Å². The maximum atomic E-state index is 8.96. The fraction of sp³-hybridized carbons (Fsp3) is 0.412. The van der Waals surface area contributed by atoms with Crippen LogP contribution in [-0.2, 0) is 0 Å². The van der Waals surface area contributed by atoms with Gasteiger partial charge in [-0.3, -0.25) is 0 Å². The van der Waals surface area contributed by atoms with Gasteiger partial charge in [0.1, 0.15) is 17.6 Å². The van der Waals surface area contributed by atoms with Crippen LogP contribution >= 0.6 is 0 Å². The van der Waals surface area contributed by atoms with Gasteiger partial charge in [-0.1, -0.05) is 6.07 Å². The predicted molar refractivity (Wildman–Crippen MR) is 87.4 cm³/mol. The molecule has 4 rings (SSSR count). The molecule has 0 unspecified atom stereocenters. The van der Waals surface area contributed by atoms with Gasteiger partial charge in [0.25, 0.3) is 0 Å². The predicted octanol–water partition coefficient (Wildman–Crippen LogP) is 1.95. The molecule has 0 aromatic carbocycles. The Kier molecular flexibility index (Phi) is 3.54. The van der Waals surface area contributed by atoms with Crippen molar-refractivity contribution in [3.63, 3.8) is 0 Å². The van der Waals surface area contributed by atoms with Crippen molar-refractivity contribution in [1.29, 1.82) is 5.26 Å². The smallest absolute Gasteiger partial charge is 0.151 e. The van der Waals surface area contributed by atoms with Crippen LogP contribution in [0.15, 0.2) is 30.3 Å². The molecule has 1 aliphatic heterocycles. The summed E-state index contributed by atoms with van der Waals surface area (Å²) in [6, 6.07) is 11.9. The van der Waals surface area contributed by atoms with E-state index in [1.165, 1.54) is 12.8 Å². The van der Waals surface area contributed by atoms with Crippen molar-refractivity contribution < 1.29 is 0 Å². The summed E-state index contributed by atoms with van der Waals surface area (Å²) in [5.74, 6) is 2.47. The third-order valence-corrected chi connectivity index (χ3v) is 4.44. The van der Waals surface area contributed by atoms with E-state index >= 15 is 0 Å². The molecule has 2 aromatic heterocycles. The van der Waals surface area contributed by atoms with Crippen molar-refractivity contribution in [3.05, 3.63) is 41.7 Å². The molecule has 23 heavy (non-hydrogen) atoms. The van der Waals surface area contributed by atoms with Gasteiger partial charge in [0.15, 0.2) is 5.82 Å². The Hall–Kier alpha value is -2.68. The lowest BCUT2D eigenvalue weighted by atomic mass is 10.2. The molecule has 0 N–H and O–H groups in total. The van der Waals surface area contributed by atoms with Crippen LogP contribution in [-0.4, -0.2) is 41.4 Å². The van der Waals surface area contributed by atoms with Gasteiger partial charge in [-0.05, 0) is 37.1 Å². The van der Waals surface area contributed by atoms with E-state index in [0.29, 0.717) is 11.6 Å². The normalized spacial score (nSPS) is 17.9. The molecule has 1 saturated heterocycles. The molecule has 2 fully saturated rings. The van der Waals surface area contributed by atoms with Crippen molar-refractivity contribution in [2.45, 2.75) is 18.8 Å². The summed E-state index contributed by atoms with van der Waals surface area (Å²) in [5, 5.41) is 17.7. The summed E-state index contributed by atoms with van der Waals surface area (Å²) in [5.41, 5.74) is 1.59. The Balaban J connectivity index is 1.41. The Bertz CT molecular complexity index is 723. The summed E-state index contributed by atoms with van der Waals surface area (Å²) in [4.78, 5) is 8.84. The highest BCUT2D eigenvalue weighted by Crippen LogP contribution is 2.38. The average Bonchev–Trinajstić information content (AvgIpc) is 3.47. The van der Waals surface area contributed by atoms with Gasteiger partial charge in [-0.2, -0.15) is 10.4 Å². The fourth-order valence-corrected chi connectivity index (χ4v) is 2.93. The third-order valence-electron chi connectivity index (χ3n) is 4.44. The number of pyridine rings is 1. The quantitative estimate of drug-likeness (QED) is 0.863. The summed E-state index contributed by atoms with van der Waals surface area (Å²) >= 11 is 0. The highest BCUT2D eigenvalue weighted by Gasteiger charge is 2.26. The van der Waals surface area contributed by atoms with Gasteiger partial charge in [0, 0.05) is 32.1 Å². The molecule has 0 radical (unpaired) electrons. The van der Waals surface area contributed by atoms with E-state index in [4.69, 9.17) is 5.26 Å². The Morgan fingerprint density at radius 1 is 0.913 bits per heavy atom. The van der Waals surface area contributed by atoms with Crippen LogP contribution in [0.4, 0.5) is 11.6 Å². The minimum absolute atomic E-state index is 0.464. The number of nitriles is 1. The van der Waals surface area contributed by atoms with Crippen molar-refractivity contribution in [3.8, 4) is 6.07 Å². The molecule has 116 valence electrons. The molecule has 2 aromatic rings. The van der Waals surface area contributed by atoms with E-state index in [2.05, 4.69) is 43.2 Å². The van der Waals surface area contributed by atoms with Crippen LogP contribution < -0.4 is 9.80 Å². The summed E-state index contributed by atoms with van der Waals surface area (Å²) in [7, 11) is 0. The number of hydrogen-bond acceptors (Lipinski definition) is 6. The Morgan fingerprint density at radius 3 is 2.26 bits per heavy atom. The molecule has 0 spiro atoms. The number of nitrogens with zero attached hydrogens (tertiary/aromatic N) is 6. The van der Waals surface area contributed by atoms with Gasteiger partial charge >= 0.3 is 0 Å². The highest BCUT2D eigenvalue weighted by atomic mass is 15.3. The number of hydrogen-bond donors (Lipinski definition) is 0. The second-order valence-corrected chi connectivity index (χ2v) is 6.06. The Labute approximate surface area is 135 Å². The zero-order chi connectivity index (χ0) is 15.6. The molecule has 0 atom stereocenters. The number of aromatic nitrogens is 3. The van der Waals surface area contributed by atoms with Crippen LogP contribution in [0, 0.1) is 11.3 Å². The average molecular weight is 306 g/mol. The number of rotatable bonds is 3. The first-order chi connectivity index (χ1) is 11.3. The lowest BCUT2D eigenvalue weighted by Crippen LogP contribution is -2.47. The van der Waals surface area contributed by atoms with Gasteiger partial charge in [-0.25, -0.2) is 4.98 Å². The minimum atomic E-state index is 0.464. The summed E-state index contributed by atoms with van der Waals surface area (Å²) < 4.78 is 0.